The number of hydrogen-bond acceptors (Lipinski definition) is 5. The topological polar surface area (TPSA) is 85.5 Å². The van der Waals surface area contributed by atoms with E-state index in [1.165, 1.54) is 0 Å². The lowest BCUT2D eigenvalue weighted by atomic mass is 9.93. The lowest BCUT2D eigenvalue weighted by Crippen LogP contribution is -2.38. The Kier molecular flexibility index (Phi) is 5.16. The van der Waals surface area contributed by atoms with Gasteiger partial charge in [0.2, 0.25) is 5.91 Å². The first kappa shape index (κ1) is 17.2. The average Bonchev–Trinajstić information content (AvgIpc) is 2.60. The Bertz CT molecular complexity index is 791. The highest BCUT2D eigenvalue weighted by Crippen LogP contribution is 2.33. The molecular weight excluding hydrogens is 318 g/mol. The van der Waals surface area contributed by atoms with E-state index >= 15 is 0 Å². The number of benzene rings is 1. The van der Waals surface area contributed by atoms with Crippen molar-refractivity contribution in [3.8, 4) is 0 Å². The van der Waals surface area contributed by atoms with Crippen LogP contribution >= 0.6 is 0 Å². The molecule has 1 aromatic carbocycles. The van der Waals surface area contributed by atoms with Crippen molar-refractivity contribution in [2.45, 2.75) is 26.2 Å². The van der Waals surface area contributed by atoms with E-state index in [0.717, 1.165) is 36.0 Å². The van der Waals surface area contributed by atoms with Crippen LogP contribution in [0.5, 0.6) is 0 Å². The molecule has 25 heavy (non-hydrogen) atoms. The molecule has 1 aromatic heterocycles. The molecule has 2 heterocycles. The third-order valence-electron chi connectivity index (χ3n) is 4.57. The summed E-state index contributed by atoms with van der Waals surface area (Å²) >= 11 is 0. The van der Waals surface area contributed by atoms with Gasteiger partial charge in [0, 0.05) is 31.1 Å². The summed E-state index contributed by atoms with van der Waals surface area (Å²) in [5, 5.41) is 0.924. The van der Waals surface area contributed by atoms with Crippen LogP contribution in [0.4, 0.5) is 5.69 Å². The van der Waals surface area contributed by atoms with E-state index in [2.05, 4.69) is 9.88 Å². The maximum atomic E-state index is 12.4. The number of esters is 1. The molecule has 1 unspecified atom stereocenters. The Morgan fingerprint density at radius 2 is 2.16 bits per heavy atom. The van der Waals surface area contributed by atoms with Crippen molar-refractivity contribution < 1.29 is 14.3 Å². The van der Waals surface area contributed by atoms with Gasteiger partial charge in [-0.3, -0.25) is 9.78 Å². The quantitative estimate of drug-likeness (QED) is 0.845. The first-order chi connectivity index (χ1) is 12.1. The normalized spacial score (nSPS) is 17.5. The van der Waals surface area contributed by atoms with Crippen LogP contribution < -0.4 is 10.6 Å². The minimum atomic E-state index is -0.368. The molecule has 0 bridgehead atoms. The van der Waals surface area contributed by atoms with Gasteiger partial charge in [0.25, 0.3) is 0 Å². The number of hydrogen-bond donors (Lipinski definition) is 1. The van der Waals surface area contributed by atoms with Gasteiger partial charge in [-0.2, -0.15) is 0 Å². The first-order valence-corrected chi connectivity index (χ1v) is 8.68. The molecule has 0 radical (unpaired) electrons. The zero-order valence-electron chi connectivity index (χ0n) is 14.4. The molecule has 0 saturated carbocycles. The molecule has 1 fully saturated rings. The Labute approximate surface area is 147 Å². The highest BCUT2D eigenvalue weighted by atomic mass is 16.5. The van der Waals surface area contributed by atoms with Gasteiger partial charge in [-0.15, -0.1) is 0 Å². The number of nitrogens with zero attached hydrogens (tertiary/aromatic N) is 2. The highest BCUT2D eigenvalue weighted by Gasteiger charge is 2.27. The van der Waals surface area contributed by atoms with Crippen molar-refractivity contribution >= 4 is 28.5 Å². The number of pyridine rings is 1. The number of aromatic nitrogens is 1. The molecule has 0 aliphatic carbocycles. The Balaban J connectivity index is 2.04. The van der Waals surface area contributed by atoms with Crippen LogP contribution in [-0.4, -0.2) is 36.6 Å². The van der Waals surface area contributed by atoms with Crippen LogP contribution in [0.2, 0.25) is 0 Å². The van der Waals surface area contributed by atoms with Crippen molar-refractivity contribution in [3.63, 3.8) is 0 Å². The van der Waals surface area contributed by atoms with Crippen molar-refractivity contribution in [2.24, 2.45) is 11.7 Å². The molecule has 1 saturated heterocycles. The average molecular weight is 341 g/mol. The maximum Gasteiger partial charge on any atom is 0.341 e. The molecule has 6 nitrogen and oxygen atoms in total. The maximum absolute atomic E-state index is 12.4. The molecule has 2 N–H and O–H groups in total. The molecule has 3 rings (SSSR count). The fourth-order valence-electron chi connectivity index (χ4n) is 3.54. The number of carbonyl (C=O) groups is 2. The van der Waals surface area contributed by atoms with Gasteiger partial charge < -0.3 is 15.4 Å². The third kappa shape index (κ3) is 3.73. The predicted octanol–water partition coefficient (Wildman–Crippen LogP) is 2.50. The van der Waals surface area contributed by atoms with Crippen LogP contribution in [-0.2, 0) is 9.53 Å². The Morgan fingerprint density at radius 3 is 2.92 bits per heavy atom. The number of para-hydroxylation sites is 1. The highest BCUT2D eigenvalue weighted by molar-refractivity contribution is 6.05. The van der Waals surface area contributed by atoms with Crippen LogP contribution in [0.1, 0.15) is 36.5 Å². The van der Waals surface area contributed by atoms with E-state index in [0.29, 0.717) is 25.1 Å². The van der Waals surface area contributed by atoms with Crippen LogP contribution in [0.15, 0.2) is 30.5 Å². The molecule has 0 spiro atoms. The Hall–Kier alpha value is -2.63. The molecule has 1 atom stereocenters. The van der Waals surface area contributed by atoms with Gasteiger partial charge in [-0.25, -0.2) is 4.79 Å². The molecule has 6 heteroatoms. The number of piperidine rings is 1. The summed E-state index contributed by atoms with van der Waals surface area (Å²) in [5.74, 6) is -0.446. The third-order valence-corrected chi connectivity index (χ3v) is 4.57. The molecule has 1 amide bonds. The van der Waals surface area contributed by atoms with Gasteiger partial charge in [0.15, 0.2) is 0 Å². The van der Waals surface area contributed by atoms with Crippen molar-refractivity contribution in [1.82, 2.24) is 4.98 Å². The number of amides is 1. The molecule has 2 aromatic rings. The van der Waals surface area contributed by atoms with Gasteiger partial charge in [-0.05, 0) is 31.7 Å². The fourth-order valence-corrected chi connectivity index (χ4v) is 3.54. The van der Waals surface area contributed by atoms with E-state index in [9.17, 15) is 9.59 Å². The molecule has 132 valence electrons. The second-order valence-corrected chi connectivity index (χ2v) is 6.38. The summed E-state index contributed by atoms with van der Waals surface area (Å²) in [6.45, 7) is 3.63. The van der Waals surface area contributed by atoms with Crippen LogP contribution in [0, 0.1) is 5.92 Å². The number of ether oxygens (including phenoxy) is 1. The SMILES string of the molecule is CCOC(=O)c1cnc2ccccc2c1N1CCCC(CC(N)=O)C1. The monoisotopic (exact) mass is 341 g/mol. The van der Waals surface area contributed by atoms with Gasteiger partial charge >= 0.3 is 5.97 Å². The van der Waals surface area contributed by atoms with E-state index in [4.69, 9.17) is 10.5 Å². The minimum Gasteiger partial charge on any atom is -0.462 e. The van der Waals surface area contributed by atoms with Crippen molar-refractivity contribution in [3.05, 3.63) is 36.0 Å². The summed E-state index contributed by atoms with van der Waals surface area (Å²) in [4.78, 5) is 30.3. The van der Waals surface area contributed by atoms with Crippen LogP contribution in [0.25, 0.3) is 10.9 Å². The number of fused-ring (bicyclic) bond motifs is 1. The first-order valence-electron chi connectivity index (χ1n) is 8.68. The fraction of sp³-hybridized carbons (Fsp3) is 0.421. The van der Waals surface area contributed by atoms with Gasteiger partial charge in [0.05, 0.1) is 17.8 Å². The molecule has 1 aliphatic heterocycles. The number of rotatable bonds is 5. The van der Waals surface area contributed by atoms with Crippen LogP contribution in [0.3, 0.4) is 0 Å². The zero-order valence-corrected chi connectivity index (χ0v) is 14.4. The second-order valence-electron chi connectivity index (χ2n) is 6.38. The standard InChI is InChI=1S/C19H23N3O3/c1-2-25-19(24)15-11-21-16-8-4-3-7-14(16)18(15)22-9-5-6-13(12-22)10-17(20)23/h3-4,7-8,11,13H,2,5-6,9-10,12H2,1H3,(H2,20,23). The Morgan fingerprint density at radius 1 is 1.36 bits per heavy atom. The van der Waals surface area contributed by atoms with Gasteiger partial charge in [-0.1, -0.05) is 18.2 Å². The number of anilines is 1. The smallest absolute Gasteiger partial charge is 0.341 e. The lowest BCUT2D eigenvalue weighted by molar-refractivity contribution is -0.118. The molecular formula is C19H23N3O3. The summed E-state index contributed by atoms with van der Waals surface area (Å²) in [5.41, 5.74) is 7.53. The summed E-state index contributed by atoms with van der Waals surface area (Å²) < 4.78 is 5.22. The predicted molar refractivity (Wildman–Crippen MR) is 96.4 cm³/mol. The molecule has 1 aliphatic rings. The lowest BCUT2D eigenvalue weighted by Gasteiger charge is -2.35. The zero-order chi connectivity index (χ0) is 17.8. The summed E-state index contributed by atoms with van der Waals surface area (Å²) in [6.07, 6.45) is 3.88. The van der Waals surface area contributed by atoms with E-state index < -0.39 is 0 Å². The van der Waals surface area contributed by atoms with E-state index in [1.54, 1.807) is 13.1 Å². The number of carbonyl (C=O) groups excluding carboxylic acids is 2. The minimum absolute atomic E-state index is 0.202. The van der Waals surface area contributed by atoms with Gasteiger partial charge in [0.1, 0.15) is 5.56 Å². The van der Waals surface area contributed by atoms with Crippen molar-refractivity contribution in [2.75, 3.05) is 24.6 Å². The summed E-state index contributed by atoms with van der Waals surface area (Å²) in [7, 11) is 0. The second kappa shape index (κ2) is 7.51. The largest absolute Gasteiger partial charge is 0.462 e. The number of nitrogens with two attached hydrogens (primary N) is 1. The van der Waals surface area contributed by atoms with E-state index in [-0.39, 0.29) is 17.8 Å². The van der Waals surface area contributed by atoms with E-state index in [1.807, 2.05) is 24.3 Å². The summed E-state index contributed by atoms with van der Waals surface area (Å²) in [6, 6.07) is 7.76. The number of primary amides is 1. The van der Waals surface area contributed by atoms with Crippen molar-refractivity contribution in [1.29, 1.82) is 0 Å².